The van der Waals surface area contributed by atoms with Crippen molar-refractivity contribution in [3.63, 3.8) is 0 Å². The number of aromatic amines is 2. The van der Waals surface area contributed by atoms with Gasteiger partial charge in [0, 0.05) is 42.4 Å². The highest BCUT2D eigenvalue weighted by Crippen LogP contribution is 2.47. The largest absolute Gasteiger partial charge is 0.367 e. The number of nitrogens with zero attached hydrogens (tertiary/aromatic N) is 1. The van der Waals surface area contributed by atoms with Gasteiger partial charge in [0.15, 0.2) is 10.6 Å². The molecule has 35 heavy (non-hydrogen) atoms. The monoisotopic (exact) mass is 486 g/mol. The number of benzene rings is 2. The fourth-order valence-corrected chi connectivity index (χ4v) is 5.54. The minimum atomic E-state index is -0.446. The second-order valence-corrected chi connectivity index (χ2v) is 10.6. The van der Waals surface area contributed by atoms with Crippen LogP contribution in [0.1, 0.15) is 56.2 Å². The summed E-state index contributed by atoms with van der Waals surface area (Å²) in [6, 6.07) is 18.6. The molecular formula is C28H30N4O2S. The summed E-state index contributed by atoms with van der Waals surface area (Å²) in [5.74, 6) is 0.222. The summed E-state index contributed by atoms with van der Waals surface area (Å²) in [7, 11) is 0. The fourth-order valence-electron chi connectivity index (χ4n) is 5.35. The summed E-state index contributed by atoms with van der Waals surface area (Å²) in [5, 5.41) is 3.34. The van der Waals surface area contributed by atoms with Gasteiger partial charge in [0.1, 0.15) is 5.82 Å². The third-order valence-electron chi connectivity index (χ3n) is 6.94. The molecule has 1 unspecified atom stereocenters. The number of nitrogens with one attached hydrogen (secondary N) is 3. The number of carbonyl (C=O) groups excluding carboxylic acids is 1. The molecule has 2 aliphatic rings. The summed E-state index contributed by atoms with van der Waals surface area (Å²) in [6.07, 6.45) is 1.19. The van der Waals surface area contributed by atoms with Crippen molar-refractivity contribution in [2.75, 3.05) is 16.8 Å². The van der Waals surface area contributed by atoms with Crippen molar-refractivity contribution in [3.8, 4) is 0 Å². The van der Waals surface area contributed by atoms with Crippen LogP contribution in [0, 0.1) is 10.2 Å². The maximum atomic E-state index is 13.4. The smallest absolute Gasteiger partial charge is 0.257 e. The SMILES string of the molecule is CCN(Cc1ccccc1)c1ccc(C2C3=C(CC(C)(C)CC3=O)Nc3[nH]c(=S)[nH]c(=O)c32)cc1. The molecular weight excluding hydrogens is 456 g/mol. The first kappa shape index (κ1) is 23.3. The van der Waals surface area contributed by atoms with E-state index in [0.29, 0.717) is 23.4 Å². The minimum absolute atomic E-state index is 0.0876. The molecule has 0 amide bonds. The predicted molar refractivity (Wildman–Crippen MR) is 142 cm³/mol. The van der Waals surface area contributed by atoms with Crippen molar-refractivity contribution < 1.29 is 4.79 Å². The van der Waals surface area contributed by atoms with E-state index in [1.807, 2.05) is 18.2 Å². The van der Waals surface area contributed by atoms with Gasteiger partial charge in [0.25, 0.3) is 5.56 Å². The van der Waals surface area contributed by atoms with Gasteiger partial charge < -0.3 is 15.2 Å². The van der Waals surface area contributed by atoms with Crippen molar-refractivity contribution in [1.82, 2.24) is 9.97 Å². The van der Waals surface area contributed by atoms with Gasteiger partial charge in [-0.25, -0.2) is 0 Å². The molecule has 1 aliphatic heterocycles. The molecule has 1 aromatic heterocycles. The number of carbonyl (C=O) groups is 1. The van der Waals surface area contributed by atoms with E-state index < -0.39 is 5.92 Å². The van der Waals surface area contributed by atoms with Crippen molar-refractivity contribution >= 4 is 29.5 Å². The summed E-state index contributed by atoms with van der Waals surface area (Å²) in [4.78, 5) is 34.6. The first-order valence-corrected chi connectivity index (χ1v) is 12.4. The Kier molecular flexibility index (Phi) is 5.97. The number of rotatable bonds is 5. The Balaban J connectivity index is 1.57. The zero-order valence-electron chi connectivity index (χ0n) is 20.3. The van der Waals surface area contributed by atoms with Crippen LogP contribution in [0.4, 0.5) is 11.5 Å². The zero-order valence-corrected chi connectivity index (χ0v) is 21.1. The number of allylic oxidation sites excluding steroid dienone is 2. The third kappa shape index (κ3) is 4.48. The van der Waals surface area contributed by atoms with Gasteiger partial charge in [-0.2, -0.15) is 0 Å². The zero-order chi connectivity index (χ0) is 24.7. The fraction of sp³-hybridized carbons (Fsp3) is 0.321. The molecule has 0 bridgehead atoms. The van der Waals surface area contributed by atoms with Crippen molar-refractivity contribution in [2.45, 2.75) is 46.1 Å². The van der Waals surface area contributed by atoms with Crippen LogP contribution in [0.5, 0.6) is 0 Å². The number of hydrogen-bond donors (Lipinski definition) is 3. The first-order chi connectivity index (χ1) is 16.8. The van der Waals surface area contributed by atoms with E-state index in [9.17, 15) is 9.59 Å². The average Bonchev–Trinajstić information content (AvgIpc) is 2.81. The molecule has 1 aliphatic carbocycles. The molecule has 1 atom stereocenters. The number of hydrogen-bond acceptors (Lipinski definition) is 5. The molecule has 0 radical (unpaired) electrons. The lowest BCUT2D eigenvalue weighted by Crippen LogP contribution is -2.36. The Bertz CT molecular complexity index is 1420. The van der Waals surface area contributed by atoms with E-state index in [-0.39, 0.29) is 21.5 Å². The molecule has 0 fully saturated rings. The number of Topliss-reactive ketones (excluding diaryl/α,β-unsaturated/α-hetero) is 1. The molecule has 2 heterocycles. The Labute approximate surface area is 210 Å². The van der Waals surface area contributed by atoms with Crippen LogP contribution in [0.3, 0.4) is 0 Å². The third-order valence-corrected chi connectivity index (χ3v) is 7.15. The molecule has 0 saturated heterocycles. The Morgan fingerprint density at radius 1 is 1.00 bits per heavy atom. The lowest BCUT2D eigenvalue weighted by atomic mass is 9.69. The Morgan fingerprint density at radius 3 is 2.40 bits per heavy atom. The van der Waals surface area contributed by atoms with Crippen LogP contribution in [-0.2, 0) is 11.3 Å². The van der Waals surface area contributed by atoms with Crippen molar-refractivity contribution in [3.05, 3.63) is 97.7 Å². The highest BCUT2D eigenvalue weighted by atomic mass is 32.1. The van der Waals surface area contributed by atoms with Crippen LogP contribution < -0.4 is 15.8 Å². The van der Waals surface area contributed by atoms with Crippen LogP contribution >= 0.6 is 12.2 Å². The Morgan fingerprint density at radius 2 is 1.71 bits per heavy atom. The summed E-state index contributed by atoms with van der Waals surface area (Å²) < 4.78 is 0.264. The standard InChI is InChI=1S/C28H30N4O2S/c1-4-32(16-17-8-6-5-7-9-17)19-12-10-18(11-13-19)22-23-20(14-28(2,3)15-21(23)33)29-25-24(22)26(34)31-27(35)30-25/h5-13,22H,4,14-16H2,1-3H3,(H3,29,30,31,34,35). The molecule has 5 rings (SSSR count). The van der Waals surface area contributed by atoms with Gasteiger partial charge in [-0.15, -0.1) is 0 Å². The van der Waals surface area contributed by atoms with Gasteiger partial charge in [-0.1, -0.05) is 56.3 Å². The molecule has 0 spiro atoms. The van der Waals surface area contributed by atoms with E-state index in [2.05, 4.69) is 77.4 Å². The highest BCUT2D eigenvalue weighted by molar-refractivity contribution is 7.71. The number of anilines is 2. The molecule has 6 nitrogen and oxygen atoms in total. The van der Waals surface area contributed by atoms with Crippen LogP contribution in [0.2, 0.25) is 0 Å². The van der Waals surface area contributed by atoms with Crippen molar-refractivity contribution in [2.24, 2.45) is 5.41 Å². The van der Waals surface area contributed by atoms with Gasteiger partial charge in [0.05, 0.1) is 5.56 Å². The van der Waals surface area contributed by atoms with E-state index in [4.69, 9.17) is 12.2 Å². The molecule has 0 saturated carbocycles. The van der Waals surface area contributed by atoms with Crippen molar-refractivity contribution in [1.29, 1.82) is 0 Å². The number of H-pyrrole nitrogens is 2. The quantitative estimate of drug-likeness (QED) is 0.406. The molecule has 7 heteroatoms. The lowest BCUT2D eigenvalue weighted by Gasteiger charge is -2.38. The van der Waals surface area contributed by atoms with Gasteiger partial charge >= 0.3 is 0 Å². The van der Waals surface area contributed by atoms with E-state index in [1.54, 1.807) is 0 Å². The van der Waals surface area contributed by atoms with E-state index in [0.717, 1.165) is 36.5 Å². The molecule has 3 aromatic rings. The maximum absolute atomic E-state index is 13.4. The second-order valence-electron chi connectivity index (χ2n) is 10.2. The van der Waals surface area contributed by atoms with E-state index in [1.165, 1.54) is 5.56 Å². The summed E-state index contributed by atoms with van der Waals surface area (Å²) >= 11 is 5.23. The van der Waals surface area contributed by atoms with Gasteiger partial charge in [0.2, 0.25) is 0 Å². The topological polar surface area (TPSA) is 81.0 Å². The predicted octanol–water partition coefficient (Wildman–Crippen LogP) is 5.66. The summed E-state index contributed by atoms with van der Waals surface area (Å²) in [5.41, 5.74) is 4.93. The maximum Gasteiger partial charge on any atom is 0.257 e. The van der Waals surface area contributed by atoms with Crippen LogP contribution in [0.15, 0.2) is 70.7 Å². The highest BCUT2D eigenvalue weighted by Gasteiger charge is 2.42. The average molecular weight is 487 g/mol. The Hall–Kier alpha value is -3.45. The minimum Gasteiger partial charge on any atom is -0.367 e. The first-order valence-electron chi connectivity index (χ1n) is 12.0. The van der Waals surface area contributed by atoms with Crippen LogP contribution in [-0.4, -0.2) is 22.3 Å². The van der Waals surface area contributed by atoms with Gasteiger partial charge in [-0.3, -0.25) is 14.6 Å². The molecule has 2 aromatic carbocycles. The number of aromatic nitrogens is 2. The molecule has 180 valence electrons. The number of fused-ring (bicyclic) bond motifs is 1. The normalized spacial score (nSPS) is 18.5. The molecule has 3 N–H and O–H groups in total. The van der Waals surface area contributed by atoms with Gasteiger partial charge in [-0.05, 0) is 54.2 Å². The second kappa shape index (κ2) is 8.96. The summed E-state index contributed by atoms with van der Waals surface area (Å²) in [6.45, 7) is 8.01. The van der Waals surface area contributed by atoms with Crippen LogP contribution in [0.25, 0.3) is 0 Å². The number of ketones is 1. The lowest BCUT2D eigenvalue weighted by molar-refractivity contribution is -0.118. The van der Waals surface area contributed by atoms with E-state index >= 15 is 0 Å².